The SMILES string of the molecule is COc1cc(N)ccc1N(C)c1nc(C)cs1. The van der Waals surface area contributed by atoms with Crippen molar-refractivity contribution in [2.75, 3.05) is 24.8 Å². The first-order valence-electron chi connectivity index (χ1n) is 5.21. The molecule has 0 saturated carbocycles. The molecule has 5 heteroatoms. The van der Waals surface area contributed by atoms with Crippen LogP contribution in [0.15, 0.2) is 23.6 Å². The van der Waals surface area contributed by atoms with Crippen LogP contribution >= 0.6 is 11.3 Å². The molecule has 2 N–H and O–H groups in total. The molecule has 0 aliphatic heterocycles. The van der Waals surface area contributed by atoms with Crippen LogP contribution < -0.4 is 15.4 Å². The largest absolute Gasteiger partial charge is 0.494 e. The third kappa shape index (κ3) is 2.34. The third-order valence-corrected chi connectivity index (χ3v) is 3.49. The molecule has 1 aromatic carbocycles. The number of nitrogen functional groups attached to an aromatic ring is 1. The molecule has 0 aliphatic carbocycles. The van der Waals surface area contributed by atoms with Gasteiger partial charge in [-0.15, -0.1) is 11.3 Å². The smallest absolute Gasteiger partial charge is 0.189 e. The Hall–Kier alpha value is -1.75. The summed E-state index contributed by atoms with van der Waals surface area (Å²) in [5.74, 6) is 0.750. The minimum atomic E-state index is 0.689. The van der Waals surface area contributed by atoms with Crippen molar-refractivity contribution in [3.63, 3.8) is 0 Å². The molecule has 4 nitrogen and oxygen atoms in total. The molecule has 0 saturated heterocycles. The van der Waals surface area contributed by atoms with E-state index in [1.807, 2.05) is 42.5 Å². The lowest BCUT2D eigenvalue weighted by Crippen LogP contribution is -2.10. The topological polar surface area (TPSA) is 51.4 Å². The van der Waals surface area contributed by atoms with E-state index in [1.165, 1.54) is 0 Å². The average molecular weight is 249 g/mol. The molecular weight excluding hydrogens is 234 g/mol. The Morgan fingerprint density at radius 3 is 2.76 bits per heavy atom. The number of rotatable bonds is 3. The molecule has 0 fully saturated rings. The highest BCUT2D eigenvalue weighted by atomic mass is 32.1. The molecule has 90 valence electrons. The number of anilines is 3. The van der Waals surface area contributed by atoms with Gasteiger partial charge in [-0.3, -0.25) is 0 Å². The van der Waals surface area contributed by atoms with Crippen LogP contribution in [0.25, 0.3) is 0 Å². The highest BCUT2D eigenvalue weighted by Gasteiger charge is 2.12. The van der Waals surface area contributed by atoms with E-state index in [9.17, 15) is 0 Å². The summed E-state index contributed by atoms with van der Waals surface area (Å²) in [5, 5.41) is 2.96. The van der Waals surface area contributed by atoms with Gasteiger partial charge in [0.25, 0.3) is 0 Å². The second kappa shape index (κ2) is 4.63. The van der Waals surface area contributed by atoms with Crippen LogP contribution in [0.5, 0.6) is 5.75 Å². The fourth-order valence-corrected chi connectivity index (χ4v) is 2.35. The van der Waals surface area contributed by atoms with E-state index in [-0.39, 0.29) is 0 Å². The van der Waals surface area contributed by atoms with Crippen LogP contribution in [0, 0.1) is 6.92 Å². The van der Waals surface area contributed by atoms with Crippen molar-refractivity contribution < 1.29 is 4.74 Å². The van der Waals surface area contributed by atoms with Crippen LogP contribution in [-0.2, 0) is 0 Å². The zero-order valence-electron chi connectivity index (χ0n) is 10.1. The molecular formula is C12H15N3OS. The van der Waals surface area contributed by atoms with Gasteiger partial charge in [0.2, 0.25) is 0 Å². The van der Waals surface area contributed by atoms with Crippen molar-refractivity contribution in [1.82, 2.24) is 4.98 Å². The van der Waals surface area contributed by atoms with Gasteiger partial charge in [0.15, 0.2) is 5.13 Å². The first-order chi connectivity index (χ1) is 8.11. The maximum absolute atomic E-state index is 5.73. The number of ether oxygens (including phenoxy) is 1. The van der Waals surface area contributed by atoms with Gasteiger partial charge in [-0.25, -0.2) is 4.98 Å². The van der Waals surface area contributed by atoms with E-state index in [0.717, 1.165) is 22.3 Å². The van der Waals surface area contributed by atoms with Gasteiger partial charge in [0, 0.05) is 24.2 Å². The molecule has 2 rings (SSSR count). The number of nitrogens with two attached hydrogens (primary N) is 1. The molecule has 0 spiro atoms. The second-order valence-corrected chi connectivity index (χ2v) is 4.60. The Morgan fingerprint density at radius 1 is 1.41 bits per heavy atom. The highest BCUT2D eigenvalue weighted by Crippen LogP contribution is 2.35. The van der Waals surface area contributed by atoms with Gasteiger partial charge in [-0.2, -0.15) is 0 Å². The monoisotopic (exact) mass is 249 g/mol. The van der Waals surface area contributed by atoms with Crippen molar-refractivity contribution >= 4 is 27.8 Å². The maximum atomic E-state index is 5.73. The summed E-state index contributed by atoms with van der Waals surface area (Å²) in [6.45, 7) is 1.98. The lowest BCUT2D eigenvalue weighted by molar-refractivity contribution is 0.416. The van der Waals surface area contributed by atoms with Crippen LogP contribution in [0.3, 0.4) is 0 Å². The number of aryl methyl sites for hydroxylation is 1. The van der Waals surface area contributed by atoms with Crippen molar-refractivity contribution in [3.8, 4) is 5.75 Å². The second-order valence-electron chi connectivity index (χ2n) is 3.76. The lowest BCUT2D eigenvalue weighted by atomic mass is 10.2. The Kier molecular flexibility index (Phi) is 3.19. The van der Waals surface area contributed by atoms with Crippen LogP contribution in [-0.4, -0.2) is 19.1 Å². The molecule has 2 aromatic rings. The van der Waals surface area contributed by atoms with E-state index in [0.29, 0.717) is 5.69 Å². The van der Waals surface area contributed by atoms with Crippen LogP contribution in [0.2, 0.25) is 0 Å². The summed E-state index contributed by atoms with van der Waals surface area (Å²) in [7, 11) is 3.60. The normalized spacial score (nSPS) is 10.3. The minimum Gasteiger partial charge on any atom is -0.494 e. The molecule has 0 amide bonds. The zero-order valence-corrected chi connectivity index (χ0v) is 10.9. The lowest BCUT2D eigenvalue weighted by Gasteiger charge is -2.19. The summed E-state index contributed by atoms with van der Waals surface area (Å²) in [5.41, 5.74) is 8.40. The molecule has 17 heavy (non-hydrogen) atoms. The number of hydrogen-bond acceptors (Lipinski definition) is 5. The maximum Gasteiger partial charge on any atom is 0.189 e. The number of hydrogen-bond donors (Lipinski definition) is 1. The van der Waals surface area contributed by atoms with Gasteiger partial charge in [0.05, 0.1) is 18.5 Å². The molecule has 0 radical (unpaired) electrons. The van der Waals surface area contributed by atoms with Crippen LogP contribution in [0.1, 0.15) is 5.69 Å². The van der Waals surface area contributed by atoms with Gasteiger partial charge >= 0.3 is 0 Å². The summed E-state index contributed by atoms with van der Waals surface area (Å²) in [6.07, 6.45) is 0. The first-order valence-corrected chi connectivity index (χ1v) is 6.09. The van der Waals surface area contributed by atoms with Gasteiger partial charge < -0.3 is 15.4 Å². The van der Waals surface area contributed by atoms with Crippen molar-refractivity contribution in [2.45, 2.75) is 6.92 Å². The fraction of sp³-hybridized carbons (Fsp3) is 0.250. The highest BCUT2D eigenvalue weighted by molar-refractivity contribution is 7.13. The number of nitrogens with zero attached hydrogens (tertiary/aromatic N) is 2. The summed E-state index contributed by atoms with van der Waals surface area (Å²) in [4.78, 5) is 6.44. The van der Waals surface area contributed by atoms with E-state index < -0.39 is 0 Å². The Balaban J connectivity index is 2.39. The summed E-state index contributed by atoms with van der Waals surface area (Å²) in [6, 6.07) is 5.60. The molecule has 0 aliphatic rings. The van der Waals surface area contributed by atoms with Gasteiger partial charge in [0.1, 0.15) is 5.75 Å². The van der Waals surface area contributed by atoms with E-state index in [4.69, 9.17) is 10.5 Å². The Morgan fingerprint density at radius 2 is 2.18 bits per heavy atom. The molecule has 0 atom stereocenters. The average Bonchev–Trinajstić information content (AvgIpc) is 2.75. The summed E-state index contributed by atoms with van der Waals surface area (Å²) < 4.78 is 5.33. The van der Waals surface area contributed by atoms with E-state index >= 15 is 0 Å². The number of aromatic nitrogens is 1. The zero-order chi connectivity index (χ0) is 12.4. The van der Waals surface area contributed by atoms with E-state index in [1.54, 1.807) is 18.4 Å². The standard InChI is InChI=1S/C12H15N3OS/c1-8-7-17-12(14-8)15(2)10-5-4-9(13)6-11(10)16-3/h4-7H,13H2,1-3H3. The third-order valence-electron chi connectivity index (χ3n) is 2.46. The predicted octanol–water partition coefficient (Wildman–Crippen LogP) is 2.81. The van der Waals surface area contributed by atoms with Crippen molar-refractivity contribution in [1.29, 1.82) is 0 Å². The molecule has 0 unspecified atom stereocenters. The number of benzene rings is 1. The number of thiazole rings is 1. The van der Waals surface area contributed by atoms with Gasteiger partial charge in [-0.1, -0.05) is 0 Å². The van der Waals surface area contributed by atoms with E-state index in [2.05, 4.69) is 4.98 Å². The fourth-order valence-electron chi connectivity index (χ4n) is 1.57. The van der Waals surface area contributed by atoms with Crippen molar-refractivity contribution in [3.05, 3.63) is 29.3 Å². The Labute approximate surface area is 105 Å². The molecule has 0 bridgehead atoms. The summed E-state index contributed by atoms with van der Waals surface area (Å²) >= 11 is 1.60. The first kappa shape index (κ1) is 11.7. The molecule has 1 aromatic heterocycles. The minimum absolute atomic E-state index is 0.689. The Bertz CT molecular complexity index is 524. The number of methoxy groups -OCH3 is 1. The van der Waals surface area contributed by atoms with Crippen molar-refractivity contribution in [2.24, 2.45) is 0 Å². The van der Waals surface area contributed by atoms with Gasteiger partial charge in [-0.05, 0) is 19.1 Å². The molecule has 1 heterocycles. The predicted molar refractivity (Wildman–Crippen MR) is 72.3 cm³/mol. The van der Waals surface area contributed by atoms with Crippen LogP contribution in [0.4, 0.5) is 16.5 Å². The quantitative estimate of drug-likeness (QED) is 0.850.